The first-order valence-corrected chi connectivity index (χ1v) is 19.9. The molecule has 12 nitrogen and oxygen atoms in total. The summed E-state index contributed by atoms with van der Waals surface area (Å²) in [5.41, 5.74) is 4.59. The predicted molar refractivity (Wildman–Crippen MR) is 183 cm³/mol. The number of hydrogen-bond donors (Lipinski definition) is 4. The highest BCUT2D eigenvalue weighted by molar-refractivity contribution is 7.85. The van der Waals surface area contributed by atoms with E-state index >= 15 is 0 Å². The number of aryl methyl sites for hydroxylation is 2. The summed E-state index contributed by atoms with van der Waals surface area (Å²) in [5, 5.41) is 9.23. The topological polar surface area (TPSA) is 183 Å². The minimum atomic E-state index is -3.67. The first kappa shape index (κ1) is 34.8. The van der Waals surface area contributed by atoms with Gasteiger partial charge in [0.1, 0.15) is 11.7 Å². The molecule has 4 aromatic rings. The van der Waals surface area contributed by atoms with Crippen LogP contribution in [0.25, 0.3) is 20.4 Å². The van der Waals surface area contributed by atoms with E-state index in [-0.39, 0.29) is 0 Å². The van der Waals surface area contributed by atoms with Crippen molar-refractivity contribution < 1.29 is 25.9 Å². The van der Waals surface area contributed by atoms with E-state index in [2.05, 4.69) is 57.0 Å². The Balaban J connectivity index is 0.000000403. The first-order valence-electron chi connectivity index (χ1n) is 14.5. The van der Waals surface area contributed by atoms with E-state index in [0.717, 1.165) is 61.7 Å². The maximum Gasteiger partial charge on any atom is 0.261 e. The highest BCUT2D eigenvalue weighted by atomic mass is 32.2. The Morgan fingerprint density at radius 3 is 1.40 bits per heavy atom. The molecule has 0 fully saturated rings. The molecule has 4 N–H and O–H groups in total. The average molecular weight is 695 g/mol. The SMILES string of the molecule is CS(=O)(=O)O.CS(=O)(=O)O.c1cc2nc(CCCCCCCc3nc4ccc(C5=NCCN5)cc4s3)sc2cc1C1=NCCN1. The van der Waals surface area contributed by atoms with Crippen LogP contribution >= 0.6 is 22.7 Å². The lowest BCUT2D eigenvalue weighted by atomic mass is 10.1. The van der Waals surface area contributed by atoms with Crippen LogP contribution in [0.4, 0.5) is 0 Å². The van der Waals surface area contributed by atoms with Gasteiger partial charge in [-0.2, -0.15) is 16.8 Å². The largest absolute Gasteiger partial charge is 0.368 e. The third-order valence-electron chi connectivity index (χ3n) is 6.54. The van der Waals surface area contributed by atoms with Crippen LogP contribution in [0.1, 0.15) is 53.2 Å². The summed E-state index contributed by atoms with van der Waals surface area (Å²) in [4.78, 5) is 18.8. The number of nitrogens with one attached hydrogen (secondary N) is 2. The fourth-order valence-electron chi connectivity index (χ4n) is 4.72. The first-order chi connectivity index (χ1) is 21.3. The molecule has 0 amide bonds. The summed E-state index contributed by atoms with van der Waals surface area (Å²) in [7, 11) is -7.33. The molecule has 0 aliphatic carbocycles. The van der Waals surface area contributed by atoms with Gasteiger partial charge in [-0.3, -0.25) is 19.1 Å². The molecule has 0 atom stereocenters. The van der Waals surface area contributed by atoms with Crippen molar-refractivity contribution in [2.24, 2.45) is 9.98 Å². The number of fused-ring (bicyclic) bond motifs is 2. The molecule has 0 saturated heterocycles. The van der Waals surface area contributed by atoms with Gasteiger partial charge in [0.05, 0.1) is 56.0 Å². The number of unbranched alkanes of at least 4 members (excludes halogenated alkanes) is 4. The second-order valence-electron chi connectivity index (χ2n) is 10.6. The Morgan fingerprint density at radius 2 is 1.04 bits per heavy atom. The Labute approximate surface area is 271 Å². The number of amidine groups is 2. The summed E-state index contributed by atoms with van der Waals surface area (Å²) >= 11 is 3.67. The Bertz CT molecular complexity index is 1730. The monoisotopic (exact) mass is 694 g/mol. The van der Waals surface area contributed by atoms with Crippen LogP contribution in [0.2, 0.25) is 0 Å². The van der Waals surface area contributed by atoms with Crippen LogP contribution in [0.3, 0.4) is 0 Å². The zero-order chi connectivity index (χ0) is 32.5. The molecule has 2 aliphatic heterocycles. The number of aromatic nitrogens is 2. The zero-order valence-corrected chi connectivity index (χ0v) is 28.5. The molecular formula is C29H38N6O6S4. The Morgan fingerprint density at radius 1 is 0.667 bits per heavy atom. The van der Waals surface area contributed by atoms with Crippen LogP contribution in [0, 0.1) is 0 Å². The number of benzene rings is 2. The average Bonchev–Trinajstić information content (AvgIpc) is 3.76. The number of thiazole rings is 2. The van der Waals surface area contributed by atoms with Crippen LogP contribution in [0.15, 0.2) is 46.4 Å². The molecule has 4 heterocycles. The van der Waals surface area contributed by atoms with Gasteiger partial charge in [-0.1, -0.05) is 19.3 Å². The maximum atomic E-state index is 9.19. The second kappa shape index (κ2) is 16.0. The summed E-state index contributed by atoms with van der Waals surface area (Å²) < 4.78 is 54.3. The normalized spacial score (nSPS) is 14.6. The minimum absolute atomic E-state index is 0.715. The second-order valence-corrected chi connectivity index (χ2v) is 15.8. The van der Waals surface area contributed by atoms with Crippen molar-refractivity contribution in [3.8, 4) is 0 Å². The number of hydrogen-bond acceptors (Lipinski definition) is 12. The molecule has 0 unspecified atom stereocenters. The number of nitrogens with zero attached hydrogens (tertiary/aromatic N) is 4. The van der Waals surface area contributed by atoms with E-state index < -0.39 is 20.2 Å². The van der Waals surface area contributed by atoms with E-state index in [1.807, 2.05) is 22.7 Å². The molecule has 16 heteroatoms. The van der Waals surface area contributed by atoms with Crippen molar-refractivity contribution in [1.29, 1.82) is 0 Å². The smallest absolute Gasteiger partial charge is 0.261 e. The molecule has 0 saturated carbocycles. The molecule has 2 aliphatic rings. The van der Waals surface area contributed by atoms with Gasteiger partial charge in [-0.25, -0.2) is 9.97 Å². The van der Waals surface area contributed by atoms with Gasteiger partial charge in [0, 0.05) is 24.2 Å². The standard InChI is InChI=1S/C27H30N6S2.2CH4O3S/c1(2-4-6-24-32-20-10-8-18(16-22(20)34-24)26-28-12-13-29-26)3-5-7-25-33-21-11-9-19(17-23(21)35-25)27-30-14-15-31-27;2*1-5(2,3)4/h8-11,16-17H,1-7,12-15H2,(H,28,29)(H,30,31);2*1H3,(H,2,3,4). The molecule has 0 bridgehead atoms. The quantitative estimate of drug-likeness (QED) is 0.138. The van der Waals surface area contributed by atoms with Crippen LogP contribution in [0.5, 0.6) is 0 Å². The lowest BCUT2D eigenvalue weighted by Crippen LogP contribution is -2.19. The lowest BCUT2D eigenvalue weighted by molar-refractivity contribution is 0.488. The van der Waals surface area contributed by atoms with Gasteiger partial charge < -0.3 is 10.6 Å². The summed E-state index contributed by atoms with van der Waals surface area (Å²) in [6.45, 7) is 3.63. The maximum absolute atomic E-state index is 9.19. The van der Waals surface area contributed by atoms with E-state index in [1.54, 1.807) is 0 Å². The van der Waals surface area contributed by atoms with Crippen LogP contribution in [-0.4, -0.2) is 86.3 Å². The van der Waals surface area contributed by atoms with Crippen molar-refractivity contribution in [3.63, 3.8) is 0 Å². The molecule has 45 heavy (non-hydrogen) atoms. The fourth-order valence-corrected chi connectivity index (χ4v) is 6.82. The summed E-state index contributed by atoms with van der Waals surface area (Å²) in [6, 6.07) is 13.0. The fraction of sp³-hybridized carbons (Fsp3) is 0.448. The molecule has 0 radical (unpaired) electrons. The molecule has 244 valence electrons. The molecule has 2 aromatic heterocycles. The third kappa shape index (κ3) is 12.4. The summed E-state index contributed by atoms with van der Waals surface area (Å²) in [6.07, 6.45) is 9.82. The van der Waals surface area contributed by atoms with E-state index in [4.69, 9.17) is 19.1 Å². The van der Waals surface area contributed by atoms with Gasteiger partial charge in [-0.05, 0) is 62.1 Å². The van der Waals surface area contributed by atoms with E-state index in [1.165, 1.54) is 62.6 Å². The highest BCUT2D eigenvalue weighted by Crippen LogP contribution is 2.27. The number of aliphatic imine (C=N–C) groups is 2. The number of rotatable bonds is 10. The third-order valence-corrected chi connectivity index (χ3v) is 8.70. The Kier molecular flexibility index (Phi) is 12.4. The van der Waals surface area contributed by atoms with E-state index in [0.29, 0.717) is 12.5 Å². The van der Waals surface area contributed by atoms with Crippen LogP contribution in [-0.2, 0) is 33.1 Å². The van der Waals surface area contributed by atoms with Gasteiger partial charge in [0.15, 0.2) is 0 Å². The van der Waals surface area contributed by atoms with Crippen LogP contribution < -0.4 is 10.6 Å². The van der Waals surface area contributed by atoms with Crippen molar-refractivity contribution >= 4 is 75.0 Å². The lowest BCUT2D eigenvalue weighted by Gasteiger charge is -2.01. The highest BCUT2D eigenvalue weighted by Gasteiger charge is 2.12. The van der Waals surface area contributed by atoms with Gasteiger partial charge in [0.25, 0.3) is 20.2 Å². The van der Waals surface area contributed by atoms with Gasteiger partial charge in [-0.15, -0.1) is 22.7 Å². The Hall–Kier alpha value is -3.02. The molecule has 0 spiro atoms. The van der Waals surface area contributed by atoms with E-state index in [9.17, 15) is 16.8 Å². The van der Waals surface area contributed by atoms with Gasteiger partial charge in [0.2, 0.25) is 0 Å². The predicted octanol–water partition coefficient (Wildman–Crippen LogP) is 4.35. The molecule has 6 rings (SSSR count). The van der Waals surface area contributed by atoms with Crippen molar-refractivity contribution in [1.82, 2.24) is 20.6 Å². The van der Waals surface area contributed by atoms with Gasteiger partial charge >= 0.3 is 0 Å². The molecular weight excluding hydrogens is 657 g/mol. The van der Waals surface area contributed by atoms with Crippen molar-refractivity contribution in [2.75, 3.05) is 38.7 Å². The minimum Gasteiger partial charge on any atom is -0.368 e. The van der Waals surface area contributed by atoms with Crippen molar-refractivity contribution in [3.05, 3.63) is 57.5 Å². The zero-order valence-electron chi connectivity index (χ0n) is 25.2. The molecule has 2 aromatic carbocycles. The van der Waals surface area contributed by atoms with Crippen molar-refractivity contribution in [2.45, 2.75) is 44.9 Å². The summed E-state index contributed by atoms with van der Waals surface area (Å²) in [5.74, 6) is 2.04.